The number of hydrogen-bond donors (Lipinski definition) is 5. The van der Waals surface area contributed by atoms with Gasteiger partial charge in [0.2, 0.25) is 5.91 Å². The molecule has 5 N–H and O–H groups in total. The summed E-state index contributed by atoms with van der Waals surface area (Å²) in [6.45, 7) is 9.49. The van der Waals surface area contributed by atoms with Gasteiger partial charge in [-0.1, -0.05) is 0 Å². The Hall–Kier alpha value is -3.71. The zero-order valence-electron chi connectivity index (χ0n) is 23.0. The second kappa shape index (κ2) is 12.6. The summed E-state index contributed by atoms with van der Waals surface area (Å²) in [7, 11) is -4.91. The highest BCUT2D eigenvalue weighted by Gasteiger charge is 2.48. The van der Waals surface area contributed by atoms with E-state index in [1.165, 1.54) is 0 Å². The number of amides is 5. The monoisotopic (exact) mass is 593 g/mol. The number of hydroxylamine groups is 2. The highest BCUT2D eigenvalue weighted by molar-refractivity contribution is 7.80. The second-order valence-electron chi connectivity index (χ2n) is 10.7. The van der Waals surface area contributed by atoms with Crippen molar-refractivity contribution in [3.8, 4) is 0 Å². The van der Waals surface area contributed by atoms with Gasteiger partial charge in [-0.15, -0.1) is 4.28 Å². The van der Waals surface area contributed by atoms with Crippen molar-refractivity contribution in [1.29, 1.82) is 5.41 Å². The number of urea groups is 1. The van der Waals surface area contributed by atoms with Gasteiger partial charge in [-0.2, -0.15) is 13.5 Å². The third-order valence-corrected chi connectivity index (χ3v) is 5.27. The topological polar surface area (TPSA) is 238 Å². The molecule has 2 atom stereocenters. The van der Waals surface area contributed by atoms with Crippen molar-refractivity contribution in [3.05, 3.63) is 0 Å². The van der Waals surface area contributed by atoms with E-state index in [0.717, 1.165) is 4.90 Å². The SMILES string of the molecule is CC(C)(C)OC(=O)NC(=NOCCC(=O)NC(=N)[C@@H]1CC[C@@H]2CN1C(=O)N2OS(=O)(=O)O)NC(=O)OC(C)(C)C. The first kappa shape index (κ1) is 32.5. The third kappa shape index (κ3) is 10.8. The number of amidine groups is 1. The molecule has 19 heteroatoms. The quantitative estimate of drug-likeness (QED) is 0.0909. The first-order chi connectivity index (χ1) is 18.2. The van der Waals surface area contributed by atoms with E-state index in [0.29, 0.717) is 5.06 Å². The molecule has 2 bridgehead atoms. The molecule has 2 rings (SSSR count). The number of nitrogens with one attached hydrogen (secondary N) is 4. The van der Waals surface area contributed by atoms with Crippen LogP contribution >= 0.6 is 0 Å². The fourth-order valence-electron chi connectivity index (χ4n) is 3.55. The van der Waals surface area contributed by atoms with Gasteiger partial charge >= 0.3 is 28.6 Å². The van der Waals surface area contributed by atoms with E-state index in [-0.39, 0.29) is 38.2 Å². The number of alkyl carbamates (subject to hydrolysis) is 2. The van der Waals surface area contributed by atoms with Crippen molar-refractivity contribution >= 4 is 46.3 Å². The molecule has 0 unspecified atom stereocenters. The lowest BCUT2D eigenvalue weighted by molar-refractivity contribution is -0.120. The predicted molar refractivity (Wildman–Crippen MR) is 136 cm³/mol. The van der Waals surface area contributed by atoms with Crippen LogP contribution in [0.15, 0.2) is 5.16 Å². The fraction of sp³-hybridized carbons (Fsp3) is 0.714. The number of ether oxygens (including phenoxy) is 2. The molecule has 2 aliphatic heterocycles. The molecule has 2 aliphatic rings. The molecule has 2 saturated heterocycles. The molecule has 0 aromatic carbocycles. The fourth-order valence-corrected chi connectivity index (χ4v) is 3.94. The molecule has 18 nitrogen and oxygen atoms in total. The van der Waals surface area contributed by atoms with Gasteiger partial charge < -0.3 is 24.5 Å². The Morgan fingerprint density at radius 2 is 1.57 bits per heavy atom. The van der Waals surface area contributed by atoms with Gasteiger partial charge in [0.1, 0.15) is 23.6 Å². The van der Waals surface area contributed by atoms with E-state index in [1.54, 1.807) is 41.5 Å². The van der Waals surface area contributed by atoms with E-state index in [2.05, 4.69) is 25.4 Å². The number of nitrogens with zero attached hydrogens (tertiary/aromatic N) is 3. The predicted octanol–water partition coefficient (Wildman–Crippen LogP) is 0.810. The van der Waals surface area contributed by atoms with Crippen molar-refractivity contribution in [2.45, 2.75) is 84.1 Å². The minimum atomic E-state index is -4.91. The minimum absolute atomic E-state index is 0.0349. The summed E-state index contributed by atoms with van der Waals surface area (Å²) in [4.78, 5) is 55.2. The lowest BCUT2D eigenvalue weighted by Crippen LogP contribution is -2.50. The van der Waals surface area contributed by atoms with Gasteiger partial charge in [-0.25, -0.2) is 14.4 Å². The largest absolute Gasteiger partial charge is 0.444 e. The lowest BCUT2D eigenvalue weighted by atomic mass is 10.00. The van der Waals surface area contributed by atoms with E-state index in [9.17, 15) is 27.6 Å². The molecule has 226 valence electrons. The average Bonchev–Trinajstić information content (AvgIpc) is 2.97. The number of hydrogen-bond acceptors (Lipinski definition) is 12. The average molecular weight is 594 g/mol. The summed E-state index contributed by atoms with van der Waals surface area (Å²) >= 11 is 0. The van der Waals surface area contributed by atoms with E-state index in [4.69, 9.17) is 24.3 Å². The van der Waals surface area contributed by atoms with Crippen LogP contribution in [0.25, 0.3) is 0 Å². The number of carbonyl (C=O) groups excluding carboxylic acids is 4. The van der Waals surface area contributed by atoms with Crippen LogP contribution in [0.3, 0.4) is 0 Å². The molecule has 5 amide bonds. The van der Waals surface area contributed by atoms with Crippen LogP contribution in [0.5, 0.6) is 0 Å². The molecule has 40 heavy (non-hydrogen) atoms. The normalized spacial score (nSPS) is 18.9. The number of carbonyl (C=O) groups is 4. The molecular formula is C21H35N7O11S. The van der Waals surface area contributed by atoms with Gasteiger partial charge in [0.15, 0.2) is 0 Å². The van der Waals surface area contributed by atoms with E-state index < -0.39 is 63.8 Å². The number of fused-ring (bicyclic) bond motifs is 2. The maximum absolute atomic E-state index is 12.5. The van der Waals surface area contributed by atoms with Gasteiger partial charge in [-0.3, -0.25) is 25.4 Å². The van der Waals surface area contributed by atoms with Crippen LogP contribution in [0.1, 0.15) is 60.8 Å². The molecule has 0 radical (unpaired) electrons. The van der Waals surface area contributed by atoms with Crippen molar-refractivity contribution in [2.75, 3.05) is 13.2 Å². The summed E-state index contributed by atoms with van der Waals surface area (Å²) in [6.07, 6.45) is -1.69. The molecule has 0 aliphatic carbocycles. The summed E-state index contributed by atoms with van der Waals surface area (Å²) in [6, 6.07) is -2.37. The summed E-state index contributed by atoms with van der Waals surface area (Å²) in [5.41, 5.74) is -1.68. The maximum Gasteiger partial charge on any atom is 0.418 e. The van der Waals surface area contributed by atoms with Crippen LogP contribution in [0.4, 0.5) is 14.4 Å². The number of guanidine groups is 1. The summed E-state index contributed by atoms with van der Waals surface area (Å²) in [5, 5.41) is 19.1. The van der Waals surface area contributed by atoms with Crippen LogP contribution in [-0.2, 0) is 33.8 Å². The Morgan fingerprint density at radius 3 is 2.08 bits per heavy atom. The van der Waals surface area contributed by atoms with Crippen molar-refractivity contribution in [2.24, 2.45) is 5.16 Å². The molecule has 0 spiro atoms. The Morgan fingerprint density at radius 1 is 1.02 bits per heavy atom. The van der Waals surface area contributed by atoms with Crippen LogP contribution in [-0.4, -0.2) is 95.3 Å². The van der Waals surface area contributed by atoms with Gasteiger partial charge in [0.25, 0.3) is 5.96 Å². The Kier molecular flexibility index (Phi) is 10.3. The highest BCUT2D eigenvalue weighted by atomic mass is 32.3. The number of oxime groups is 1. The number of piperidine rings is 1. The molecule has 2 fully saturated rings. The van der Waals surface area contributed by atoms with Crippen LogP contribution in [0.2, 0.25) is 0 Å². The lowest BCUT2D eigenvalue weighted by Gasteiger charge is -2.30. The summed E-state index contributed by atoms with van der Waals surface area (Å²) < 4.78 is 45.5. The molecule has 0 aromatic rings. The maximum atomic E-state index is 12.5. The van der Waals surface area contributed by atoms with Crippen LogP contribution < -0.4 is 16.0 Å². The minimum Gasteiger partial charge on any atom is -0.444 e. The van der Waals surface area contributed by atoms with Gasteiger partial charge in [0, 0.05) is 6.54 Å². The first-order valence-corrected chi connectivity index (χ1v) is 13.5. The Balaban J connectivity index is 1.91. The number of rotatable bonds is 7. The zero-order chi connectivity index (χ0) is 30.5. The Bertz CT molecular complexity index is 1110. The molecule has 2 heterocycles. The third-order valence-electron chi connectivity index (χ3n) is 4.92. The highest BCUT2D eigenvalue weighted by Crippen LogP contribution is 2.30. The van der Waals surface area contributed by atoms with E-state index in [1.807, 2.05) is 0 Å². The standard InChI is InChI=1S/C21H35N7O11S/c1-20(2,3)37-17(30)24-16(25-18(31)38-21(4,5)6)26-36-10-9-14(29)23-15(22)13-8-7-12-11-27(13)19(32)28(12)39-40(33,34)35/h12-13H,7-11H2,1-6H3,(H2,22,23,29)(H,33,34,35)(H2,24,25,26,30,31)/t12-,13+/m1/s1. The first-order valence-electron chi connectivity index (χ1n) is 12.1. The van der Waals surface area contributed by atoms with E-state index >= 15 is 0 Å². The van der Waals surface area contributed by atoms with Crippen molar-refractivity contribution in [3.63, 3.8) is 0 Å². The summed E-state index contributed by atoms with van der Waals surface area (Å²) in [5.74, 6) is -1.44. The van der Waals surface area contributed by atoms with Gasteiger partial charge in [0.05, 0.1) is 18.5 Å². The molecule has 0 saturated carbocycles. The molecule has 0 aromatic heterocycles. The second-order valence-corrected chi connectivity index (χ2v) is 11.8. The Labute approximate surface area is 231 Å². The van der Waals surface area contributed by atoms with Crippen molar-refractivity contribution < 1.29 is 50.7 Å². The van der Waals surface area contributed by atoms with Crippen molar-refractivity contribution in [1.82, 2.24) is 25.9 Å². The molecular weight excluding hydrogens is 558 g/mol. The van der Waals surface area contributed by atoms with Gasteiger partial charge in [-0.05, 0) is 59.5 Å². The van der Waals surface area contributed by atoms with Crippen LogP contribution in [0, 0.1) is 5.41 Å². The zero-order valence-corrected chi connectivity index (χ0v) is 23.8. The smallest absolute Gasteiger partial charge is 0.418 e.